The molecule has 2 aromatic heterocycles. The monoisotopic (exact) mass is 425 g/mol. The van der Waals surface area contributed by atoms with Crippen molar-refractivity contribution in [2.75, 3.05) is 5.75 Å². The number of hydrogen-bond acceptors (Lipinski definition) is 4. The quantitative estimate of drug-likeness (QED) is 0.322. The van der Waals surface area contributed by atoms with Crippen molar-refractivity contribution >= 4 is 28.6 Å². The Labute approximate surface area is 182 Å². The van der Waals surface area contributed by atoms with Crippen molar-refractivity contribution in [3.05, 3.63) is 30.5 Å². The zero-order valence-electron chi connectivity index (χ0n) is 17.9. The van der Waals surface area contributed by atoms with Gasteiger partial charge in [-0.15, -0.1) is 10.2 Å². The third kappa shape index (κ3) is 4.89. The van der Waals surface area contributed by atoms with Crippen LogP contribution in [-0.2, 0) is 4.79 Å². The van der Waals surface area contributed by atoms with Crippen molar-refractivity contribution in [3.63, 3.8) is 0 Å². The Kier molecular flexibility index (Phi) is 6.77. The number of aromatic nitrogens is 4. The number of nitrogens with zero attached hydrogens (tertiary/aromatic N) is 3. The summed E-state index contributed by atoms with van der Waals surface area (Å²) in [5.41, 5.74) is 2.17. The fourth-order valence-electron chi connectivity index (χ4n) is 3.87. The van der Waals surface area contributed by atoms with Gasteiger partial charge in [0.15, 0.2) is 11.0 Å². The summed E-state index contributed by atoms with van der Waals surface area (Å²) in [4.78, 5) is 15.8. The fourth-order valence-corrected chi connectivity index (χ4v) is 4.69. The van der Waals surface area contributed by atoms with E-state index in [1.54, 1.807) is 0 Å². The summed E-state index contributed by atoms with van der Waals surface area (Å²) >= 11 is 1.49. The minimum absolute atomic E-state index is 0.0713. The Morgan fingerprint density at radius 2 is 2.10 bits per heavy atom. The van der Waals surface area contributed by atoms with Gasteiger partial charge in [0.2, 0.25) is 5.91 Å². The molecule has 1 atom stereocenters. The van der Waals surface area contributed by atoms with Gasteiger partial charge in [-0.2, -0.15) is 0 Å². The molecule has 1 saturated carbocycles. The van der Waals surface area contributed by atoms with E-state index in [9.17, 15) is 4.79 Å². The molecule has 1 amide bonds. The molecule has 160 valence electrons. The van der Waals surface area contributed by atoms with E-state index in [1.165, 1.54) is 37.4 Å². The fraction of sp³-hybridized carbons (Fsp3) is 0.522. The Hall–Kier alpha value is -2.28. The molecular weight excluding hydrogens is 394 g/mol. The number of unbranched alkanes of at least 4 members (excludes halogenated alkanes) is 3. The first-order valence-electron chi connectivity index (χ1n) is 11.1. The average Bonchev–Trinajstić information content (AvgIpc) is 3.35. The number of nitrogens with one attached hydrogen (secondary N) is 2. The van der Waals surface area contributed by atoms with Gasteiger partial charge >= 0.3 is 0 Å². The standard InChI is InChI=1S/C23H31N5OS/c1-3-4-5-6-9-16(2)25-21(29)15-30-23-27-26-22(28(23)17-12-13-17)19-14-24-20-11-8-7-10-18(19)20/h7-8,10-11,14,16-17,24H,3-6,9,12-13,15H2,1-2H3,(H,25,29)/t16-/m0/s1. The number of thioether (sulfide) groups is 1. The lowest BCUT2D eigenvalue weighted by Crippen LogP contribution is -2.33. The summed E-state index contributed by atoms with van der Waals surface area (Å²) in [5, 5.41) is 14.1. The lowest BCUT2D eigenvalue weighted by molar-refractivity contribution is -0.119. The first-order chi connectivity index (χ1) is 14.7. The molecule has 1 aliphatic carbocycles. The number of amides is 1. The highest BCUT2D eigenvalue weighted by atomic mass is 32.2. The summed E-state index contributed by atoms with van der Waals surface area (Å²) < 4.78 is 2.22. The number of carbonyl (C=O) groups is 1. The van der Waals surface area contributed by atoms with Crippen molar-refractivity contribution in [1.82, 2.24) is 25.1 Å². The molecule has 0 spiro atoms. The third-order valence-corrected chi connectivity index (χ3v) is 6.58. The van der Waals surface area contributed by atoms with Gasteiger partial charge < -0.3 is 10.3 Å². The molecule has 0 radical (unpaired) electrons. The van der Waals surface area contributed by atoms with E-state index in [-0.39, 0.29) is 11.9 Å². The van der Waals surface area contributed by atoms with Crippen molar-refractivity contribution in [2.24, 2.45) is 0 Å². The molecule has 0 saturated heterocycles. The lowest BCUT2D eigenvalue weighted by Gasteiger charge is -2.14. The number of rotatable bonds is 11. The predicted octanol–water partition coefficient (Wildman–Crippen LogP) is 5.33. The molecule has 2 N–H and O–H groups in total. The maximum absolute atomic E-state index is 12.4. The summed E-state index contributed by atoms with van der Waals surface area (Å²) in [6.07, 6.45) is 10.3. The van der Waals surface area contributed by atoms with Crippen molar-refractivity contribution < 1.29 is 4.79 Å². The van der Waals surface area contributed by atoms with Crippen LogP contribution in [0.15, 0.2) is 35.6 Å². The Morgan fingerprint density at radius 3 is 2.90 bits per heavy atom. The van der Waals surface area contributed by atoms with E-state index in [2.05, 4.69) is 51.0 Å². The van der Waals surface area contributed by atoms with Gasteiger partial charge in [0.05, 0.1) is 5.75 Å². The van der Waals surface area contributed by atoms with Gasteiger partial charge in [0, 0.05) is 34.7 Å². The van der Waals surface area contributed by atoms with E-state index in [1.807, 2.05) is 18.3 Å². The molecule has 3 aromatic rings. The molecule has 1 fully saturated rings. The number of hydrogen-bond donors (Lipinski definition) is 2. The number of carbonyl (C=O) groups excluding carboxylic acids is 1. The Balaban J connectivity index is 1.40. The zero-order valence-corrected chi connectivity index (χ0v) is 18.7. The summed E-state index contributed by atoms with van der Waals surface area (Å²) in [5.74, 6) is 1.34. The van der Waals surface area contributed by atoms with Gasteiger partial charge in [0.1, 0.15) is 0 Å². The van der Waals surface area contributed by atoms with Crippen molar-refractivity contribution in [2.45, 2.75) is 76.0 Å². The van der Waals surface area contributed by atoms with Gasteiger partial charge in [-0.1, -0.05) is 62.6 Å². The molecule has 1 aromatic carbocycles. The van der Waals surface area contributed by atoms with Crippen LogP contribution in [0.3, 0.4) is 0 Å². The first-order valence-corrected chi connectivity index (χ1v) is 12.1. The van der Waals surface area contributed by atoms with Gasteiger partial charge in [-0.05, 0) is 32.3 Å². The Bertz CT molecular complexity index is 991. The average molecular weight is 426 g/mol. The second-order valence-electron chi connectivity index (χ2n) is 8.26. The Morgan fingerprint density at radius 1 is 1.27 bits per heavy atom. The van der Waals surface area contributed by atoms with E-state index >= 15 is 0 Å². The molecular formula is C23H31N5OS. The first kappa shape index (κ1) is 21.0. The highest BCUT2D eigenvalue weighted by Crippen LogP contribution is 2.42. The van der Waals surface area contributed by atoms with E-state index in [0.29, 0.717) is 11.8 Å². The van der Waals surface area contributed by atoms with Crippen molar-refractivity contribution in [3.8, 4) is 11.4 Å². The van der Waals surface area contributed by atoms with Crippen LogP contribution in [0.1, 0.15) is 64.8 Å². The lowest BCUT2D eigenvalue weighted by atomic mass is 10.1. The van der Waals surface area contributed by atoms with Crippen molar-refractivity contribution in [1.29, 1.82) is 0 Å². The second kappa shape index (κ2) is 9.69. The highest BCUT2D eigenvalue weighted by Gasteiger charge is 2.31. The minimum atomic E-state index is 0.0713. The van der Waals surface area contributed by atoms with Crippen LogP contribution in [-0.4, -0.2) is 37.5 Å². The number of H-pyrrole nitrogens is 1. The molecule has 6 nitrogen and oxygen atoms in total. The van der Waals surface area contributed by atoms with Crippen LogP contribution in [0.4, 0.5) is 0 Å². The number of benzene rings is 1. The molecule has 30 heavy (non-hydrogen) atoms. The third-order valence-electron chi connectivity index (χ3n) is 5.64. The molecule has 7 heteroatoms. The van der Waals surface area contributed by atoms with Crippen LogP contribution < -0.4 is 5.32 Å². The smallest absolute Gasteiger partial charge is 0.230 e. The molecule has 4 rings (SSSR count). The van der Waals surface area contributed by atoms with Gasteiger partial charge in [0.25, 0.3) is 0 Å². The number of para-hydroxylation sites is 1. The number of fused-ring (bicyclic) bond motifs is 1. The van der Waals surface area contributed by atoms with Gasteiger partial charge in [-0.25, -0.2) is 0 Å². The second-order valence-corrected chi connectivity index (χ2v) is 9.20. The van der Waals surface area contributed by atoms with E-state index in [0.717, 1.165) is 46.7 Å². The van der Waals surface area contributed by atoms with Crippen LogP contribution in [0.25, 0.3) is 22.3 Å². The molecule has 0 unspecified atom stereocenters. The zero-order chi connectivity index (χ0) is 20.9. The van der Waals surface area contributed by atoms with Crippen LogP contribution in [0.5, 0.6) is 0 Å². The van der Waals surface area contributed by atoms with Crippen LogP contribution in [0.2, 0.25) is 0 Å². The minimum Gasteiger partial charge on any atom is -0.360 e. The van der Waals surface area contributed by atoms with E-state index in [4.69, 9.17) is 0 Å². The van der Waals surface area contributed by atoms with Crippen LogP contribution >= 0.6 is 11.8 Å². The molecule has 0 aliphatic heterocycles. The van der Waals surface area contributed by atoms with Crippen LogP contribution in [0, 0.1) is 0 Å². The number of aromatic amines is 1. The van der Waals surface area contributed by atoms with Gasteiger partial charge in [-0.3, -0.25) is 9.36 Å². The predicted molar refractivity (Wildman–Crippen MR) is 123 cm³/mol. The SMILES string of the molecule is CCCCCC[C@H](C)NC(=O)CSc1nnc(-c2c[nH]c3ccccc23)n1C1CC1. The summed E-state index contributed by atoms with van der Waals surface area (Å²) in [6, 6.07) is 8.90. The summed E-state index contributed by atoms with van der Waals surface area (Å²) in [6.45, 7) is 4.31. The largest absolute Gasteiger partial charge is 0.360 e. The highest BCUT2D eigenvalue weighted by molar-refractivity contribution is 7.99. The molecule has 0 bridgehead atoms. The maximum Gasteiger partial charge on any atom is 0.230 e. The molecule has 1 aliphatic rings. The van der Waals surface area contributed by atoms with E-state index < -0.39 is 0 Å². The summed E-state index contributed by atoms with van der Waals surface area (Å²) in [7, 11) is 0. The maximum atomic E-state index is 12.4. The normalized spacial score (nSPS) is 14.9. The topological polar surface area (TPSA) is 75.6 Å². The molecule has 2 heterocycles.